The lowest BCUT2D eigenvalue weighted by Crippen LogP contribution is -2.44. The highest BCUT2D eigenvalue weighted by Crippen LogP contribution is 2.08. The van der Waals surface area contributed by atoms with Gasteiger partial charge in [0.15, 0.2) is 6.10 Å². The number of nitrogens with zero attached hydrogens (tertiary/aromatic N) is 1. The van der Waals surface area contributed by atoms with Crippen molar-refractivity contribution in [1.29, 1.82) is 0 Å². The highest BCUT2D eigenvalue weighted by atomic mass is 16.5. The molecule has 0 spiro atoms. The fraction of sp³-hybridized carbons (Fsp3) is 0.647. The highest BCUT2D eigenvalue weighted by Gasteiger charge is 2.25. The summed E-state index contributed by atoms with van der Waals surface area (Å²) in [6, 6.07) is 0. The maximum Gasteiger partial charge on any atom is 0.309 e. The van der Waals surface area contributed by atoms with Gasteiger partial charge in [-0.25, -0.2) is 0 Å². The van der Waals surface area contributed by atoms with Gasteiger partial charge < -0.3 is 19.4 Å². The summed E-state index contributed by atoms with van der Waals surface area (Å²) in [4.78, 5) is 22.7. The molecule has 0 amide bonds. The fourth-order valence-electron chi connectivity index (χ4n) is 1.96. The predicted octanol–water partition coefficient (Wildman–Crippen LogP) is 1.74. The minimum atomic E-state index is -1.02. The van der Waals surface area contributed by atoms with Gasteiger partial charge in [0.2, 0.25) is 0 Å². The van der Waals surface area contributed by atoms with E-state index in [2.05, 4.69) is 6.92 Å². The summed E-state index contributed by atoms with van der Waals surface area (Å²) in [7, 11) is 5.68. The summed E-state index contributed by atoms with van der Waals surface area (Å²) in [5, 5.41) is 18.7. The molecule has 0 radical (unpaired) electrons. The van der Waals surface area contributed by atoms with Gasteiger partial charge in [-0.3, -0.25) is 9.59 Å². The van der Waals surface area contributed by atoms with E-state index in [9.17, 15) is 14.7 Å². The number of aliphatic hydroxyl groups is 1. The second-order valence-electron chi connectivity index (χ2n) is 6.56. The van der Waals surface area contributed by atoms with Crippen molar-refractivity contribution < 1.29 is 29.0 Å². The Balaban J connectivity index is 4.42. The molecule has 0 fully saturated rings. The molecule has 0 heterocycles. The van der Waals surface area contributed by atoms with Crippen LogP contribution in [-0.4, -0.2) is 66.5 Å². The largest absolute Gasteiger partial charge is 0.481 e. The van der Waals surface area contributed by atoms with Crippen LogP contribution in [-0.2, 0) is 14.3 Å². The highest BCUT2D eigenvalue weighted by molar-refractivity contribution is 5.72. The molecule has 0 aliphatic rings. The van der Waals surface area contributed by atoms with Gasteiger partial charge in [0.25, 0.3) is 0 Å². The van der Waals surface area contributed by atoms with Crippen LogP contribution in [0.15, 0.2) is 24.3 Å². The number of rotatable bonds is 11. The summed E-state index contributed by atoms with van der Waals surface area (Å²) in [6.07, 6.45) is 6.94. The van der Waals surface area contributed by atoms with E-state index in [0.29, 0.717) is 11.0 Å². The summed E-state index contributed by atoms with van der Waals surface area (Å²) >= 11 is 0. The molecule has 132 valence electrons. The molecule has 0 saturated heterocycles. The Bertz CT molecular complexity index is 423. The number of carbonyl (C=O) groups excluding carboxylic acids is 1. The number of carboxylic acids is 1. The lowest BCUT2D eigenvalue weighted by molar-refractivity contribution is -0.873. The van der Waals surface area contributed by atoms with Crippen LogP contribution in [0.2, 0.25) is 0 Å². The Hall–Kier alpha value is -1.66. The van der Waals surface area contributed by atoms with Crippen LogP contribution >= 0.6 is 0 Å². The van der Waals surface area contributed by atoms with Gasteiger partial charge >= 0.3 is 11.9 Å². The summed E-state index contributed by atoms with van der Waals surface area (Å²) in [5.74, 6) is -1.61. The number of ether oxygens (including phenoxy) is 1. The van der Waals surface area contributed by atoms with Crippen LogP contribution in [0.5, 0.6) is 0 Å². The predicted molar refractivity (Wildman–Crippen MR) is 88.8 cm³/mol. The zero-order chi connectivity index (χ0) is 17.9. The summed E-state index contributed by atoms with van der Waals surface area (Å²) in [6.45, 7) is 2.46. The maximum absolute atomic E-state index is 11.8. The molecule has 0 aliphatic carbocycles. The van der Waals surface area contributed by atoms with Crippen LogP contribution in [0.25, 0.3) is 0 Å². The quantitative estimate of drug-likeness (QED) is 0.343. The molecule has 0 aliphatic heterocycles. The minimum Gasteiger partial charge on any atom is -0.481 e. The van der Waals surface area contributed by atoms with Gasteiger partial charge in [0.1, 0.15) is 6.54 Å². The van der Waals surface area contributed by atoms with Gasteiger partial charge in [-0.2, -0.15) is 0 Å². The Kier molecular flexibility index (Phi) is 10.2. The first kappa shape index (κ1) is 21.3. The van der Waals surface area contributed by atoms with Crippen molar-refractivity contribution in [1.82, 2.24) is 0 Å². The van der Waals surface area contributed by atoms with Gasteiger partial charge in [-0.1, -0.05) is 37.6 Å². The summed E-state index contributed by atoms with van der Waals surface area (Å²) in [5.41, 5.74) is 0. The molecule has 0 rings (SSSR count). The van der Waals surface area contributed by atoms with E-state index < -0.39 is 24.1 Å². The molecule has 23 heavy (non-hydrogen) atoms. The number of likely N-dealkylation sites (N-methyl/N-ethyl adjacent to an activating group) is 1. The molecule has 0 aromatic carbocycles. The third kappa shape index (κ3) is 13.7. The second kappa shape index (κ2) is 11.0. The maximum atomic E-state index is 11.8. The lowest BCUT2D eigenvalue weighted by atomic mass is 10.2. The average Bonchev–Trinajstić information content (AvgIpc) is 2.35. The first-order chi connectivity index (χ1) is 10.6. The number of aliphatic hydroxyl groups excluding tert-OH is 1. The molecule has 6 nitrogen and oxygen atoms in total. The normalized spacial score (nSPS) is 15.0. The molecule has 2 atom stereocenters. The van der Waals surface area contributed by atoms with Crippen LogP contribution in [0.3, 0.4) is 0 Å². The Morgan fingerprint density at radius 2 is 1.83 bits per heavy atom. The lowest BCUT2D eigenvalue weighted by Gasteiger charge is -2.28. The van der Waals surface area contributed by atoms with Gasteiger partial charge in [-0.15, -0.1) is 0 Å². The van der Waals surface area contributed by atoms with Crippen LogP contribution < -0.4 is 0 Å². The Morgan fingerprint density at radius 3 is 2.35 bits per heavy atom. The van der Waals surface area contributed by atoms with Gasteiger partial charge in [0.05, 0.1) is 40.1 Å². The third-order valence-corrected chi connectivity index (χ3v) is 2.86. The molecular formula is C17H30NO5+. The molecule has 6 heteroatoms. The molecule has 0 saturated carbocycles. The van der Waals surface area contributed by atoms with Crippen molar-refractivity contribution >= 4 is 11.9 Å². The first-order valence-corrected chi connectivity index (χ1v) is 7.87. The van der Waals surface area contributed by atoms with E-state index in [1.807, 2.05) is 33.3 Å². The SMILES string of the molecule is CCC/C=C/C=C/C(O)CC(=O)OC(CC(=O)O)C[N+](C)(C)C. The minimum absolute atomic E-state index is 0.189. The van der Waals surface area contributed by atoms with Crippen molar-refractivity contribution in [2.24, 2.45) is 0 Å². The topological polar surface area (TPSA) is 83.8 Å². The number of carbonyl (C=O) groups is 2. The smallest absolute Gasteiger partial charge is 0.309 e. The number of hydrogen-bond acceptors (Lipinski definition) is 4. The first-order valence-electron chi connectivity index (χ1n) is 7.87. The fourth-order valence-corrected chi connectivity index (χ4v) is 1.96. The number of aliphatic carboxylic acids is 1. The van der Waals surface area contributed by atoms with Crippen molar-refractivity contribution in [3.63, 3.8) is 0 Å². The van der Waals surface area contributed by atoms with Gasteiger partial charge in [0, 0.05) is 0 Å². The zero-order valence-corrected chi connectivity index (χ0v) is 14.6. The van der Waals surface area contributed by atoms with E-state index in [-0.39, 0.29) is 12.8 Å². The van der Waals surface area contributed by atoms with E-state index in [4.69, 9.17) is 9.84 Å². The second-order valence-corrected chi connectivity index (χ2v) is 6.56. The molecule has 2 N–H and O–H groups in total. The monoisotopic (exact) mass is 328 g/mol. The average molecular weight is 328 g/mol. The Morgan fingerprint density at radius 1 is 1.17 bits per heavy atom. The van der Waals surface area contributed by atoms with Gasteiger partial charge in [-0.05, 0) is 6.42 Å². The number of quaternary nitrogens is 1. The van der Waals surface area contributed by atoms with E-state index in [1.54, 1.807) is 6.08 Å². The zero-order valence-electron chi connectivity index (χ0n) is 14.6. The van der Waals surface area contributed by atoms with Crippen molar-refractivity contribution in [3.05, 3.63) is 24.3 Å². The number of esters is 1. The van der Waals surface area contributed by atoms with Crippen molar-refractivity contribution in [2.45, 2.75) is 44.8 Å². The van der Waals surface area contributed by atoms with E-state index in [0.717, 1.165) is 12.8 Å². The van der Waals surface area contributed by atoms with Crippen LogP contribution in [0, 0.1) is 0 Å². The summed E-state index contributed by atoms with van der Waals surface area (Å²) < 4.78 is 5.69. The number of unbranched alkanes of at least 4 members (excludes halogenated alkanes) is 1. The number of carboxylic acid groups (broad SMARTS) is 1. The van der Waals surface area contributed by atoms with Crippen LogP contribution in [0.1, 0.15) is 32.6 Å². The molecule has 0 aromatic rings. The number of hydrogen-bond donors (Lipinski definition) is 2. The molecular weight excluding hydrogens is 298 g/mol. The third-order valence-electron chi connectivity index (χ3n) is 2.86. The van der Waals surface area contributed by atoms with Crippen LogP contribution in [0.4, 0.5) is 0 Å². The molecule has 0 bridgehead atoms. The Labute approximate surface area is 138 Å². The standard InChI is InChI=1S/C17H29NO5/c1-5-6-7-8-9-10-14(19)11-17(22)23-15(12-16(20)21)13-18(2,3)4/h7-10,14-15,19H,5-6,11-13H2,1-4H3/p+1/b8-7+,10-9+. The van der Waals surface area contributed by atoms with E-state index in [1.165, 1.54) is 6.08 Å². The van der Waals surface area contributed by atoms with Crippen molar-refractivity contribution in [2.75, 3.05) is 27.7 Å². The van der Waals surface area contributed by atoms with Crippen molar-refractivity contribution in [3.8, 4) is 0 Å². The molecule has 0 aromatic heterocycles. The van der Waals surface area contributed by atoms with E-state index >= 15 is 0 Å². The number of allylic oxidation sites excluding steroid dienone is 3. The molecule has 2 unspecified atom stereocenters.